The summed E-state index contributed by atoms with van der Waals surface area (Å²) in [6.45, 7) is 7.43. The second-order valence-corrected chi connectivity index (χ2v) is 4.58. The maximum atomic E-state index is 11.6. The Labute approximate surface area is 103 Å². The molecule has 4 heteroatoms. The number of carbonyl (C=O) groups excluding carboxylic acids is 1. The van der Waals surface area contributed by atoms with E-state index < -0.39 is 11.4 Å². The van der Waals surface area contributed by atoms with E-state index in [-0.39, 0.29) is 18.2 Å². The normalized spacial score (nSPS) is 13.5. The first-order valence-corrected chi connectivity index (χ1v) is 5.74. The third-order valence-corrected chi connectivity index (χ3v) is 3.04. The van der Waals surface area contributed by atoms with Crippen molar-refractivity contribution < 1.29 is 14.7 Å². The first-order valence-electron chi connectivity index (χ1n) is 5.74. The van der Waals surface area contributed by atoms with Crippen LogP contribution in [0.4, 0.5) is 0 Å². The largest absolute Gasteiger partial charge is 0.481 e. The zero-order valence-corrected chi connectivity index (χ0v) is 11.0. The molecule has 96 valence electrons. The number of carbonyl (C=O) groups is 2. The molecule has 0 saturated heterocycles. The summed E-state index contributed by atoms with van der Waals surface area (Å²) in [5, 5.41) is 11.8. The van der Waals surface area contributed by atoms with Gasteiger partial charge in [0.2, 0.25) is 5.91 Å². The Hall–Kier alpha value is -1.50. The number of carboxylic acids is 1. The highest BCUT2D eigenvalue weighted by Gasteiger charge is 2.38. The monoisotopic (exact) mass is 239 g/mol. The quantitative estimate of drug-likeness (QED) is 0.547. The van der Waals surface area contributed by atoms with Gasteiger partial charge in [-0.1, -0.05) is 13.8 Å². The van der Waals surface area contributed by atoms with Gasteiger partial charge < -0.3 is 10.4 Å². The lowest BCUT2D eigenvalue weighted by atomic mass is 9.76. The Morgan fingerprint density at radius 1 is 1.41 bits per heavy atom. The summed E-state index contributed by atoms with van der Waals surface area (Å²) >= 11 is 0. The average Bonchev–Trinajstić information content (AvgIpc) is 2.23. The van der Waals surface area contributed by atoms with Gasteiger partial charge in [-0.05, 0) is 19.8 Å². The van der Waals surface area contributed by atoms with Crippen LogP contribution in [0, 0.1) is 23.2 Å². The Morgan fingerprint density at radius 3 is 2.41 bits per heavy atom. The molecule has 0 spiro atoms. The van der Waals surface area contributed by atoms with Crippen LogP contribution < -0.4 is 5.32 Å². The number of aliphatic carboxylic acids is 1. The molecular weight excluding hydrogens is 218 g/mol. The Bertz CT molecular complexity index is 338. The van der Waals surface area contributed by atoms with Crippen molar-refractivity contribution in [2.24, 2.45) is 11.3 Å². The van der Waals surface area contributed by atoms with Crippen LogP contribution in [-0.4, -0.2) is 23.5 Å². The zero-order valence-electron chi connectivity index (χ0n) is 11.0. The van der Waals surface area contributed by atoms with Gasteiger partial charge in [-0.25, -0.2) is 0 Å². The molecule has 4 nitrogen and oxygen atoms in total. The second-order valence-electron chi connectivity index (χ2n) is 4.58. The van der Waals surface area contributed by atoms with Crippen LogP contribution in [0.25, 0.3) is 0 Å². The van der Waals surface area contributed by atoms with Crippen molar-refractivity contribution in [2.45, 2.75) is 40.5 Å². The topological polar surface area (TPSA) is 66.4 Å². The molecule has 1 atom stereocenters. The number of hydrogen-bond donors (Lipinski definition) is 2. The maximum absolute atomic E-state index is 11.6. The summed E-state index contributed by atoms with van der Waals surface area (Å²) in [5.74, 6) is 4.30. The Morgan fingerprint density at radius 2 is 2.00 bits per heavy atom. The summed E-state index contributed by atoms with van der Waals surface area (Å²) in [6, 6.07) is 0. The van der Waals surface area contributed by atoms with E-state index in [1.54, 1.807) is 13.8 Å². The van der Waals surface area contributed by atoms with E-state index in [0.29, 0.717) is 13.0 Å². The molecule has 0 aromatic rings. The lowest BCUT2D eigenvalue weighted by Gasteiger charge is -2.28. The van der Waals surface area contributed by atoms with Crippen molar-refractivity contribution in [3.05, 3.63) is 0 Å². The van der Waals surface area contributed by atoms with E-state index in [1.165, 1.54) is 0 Å². The SMILES string of the molecule is CC#CCCNC(=O)CC(C)(C(=O)O)C(C)C. The van der Waals surface area contributed by atoms with Crippen LogP contribution in [0.3, 0.4) is 0 Å². The van der Waals surface area contributed by atoms with Crippen LogP contribution in [0.5, 0.6) is 0 Å². The van der Waals surface area contributed by atoms with E-state index >= 15 is 0 Å². The van der Waals surface area contributed by atoms with Gasteiger partial charge in [0.15, 0.2) is 0 Å². The Balaban J connectivity index is 4.32. The molecule has 0 aliphatic carbocycles. The lowest BCUT2D eigenvalue weighted by molar-refractivity contribution is -0.153. The van der Waals surface area contributed by atoms with Gasteiger partial charge in [0, 0.05) is 19.4 Å². The fraction of sp³-hybridized carbons (Fsp3) is 0.692. The summed E-state index contributed by atoms with van der Waals surface area (Å²) in [4.78, 5) is 22.8. The van der Waals surface area contributed by atoms with Crippen molar-refractivity contribution in [1.82, 2.24) is 5.32 Å². The van der Waals surface area contributed by atoms with Crippen molar-refractivity contribution in [2.75, 3.05) is 6.54 Å². The summed E-state index contributed by atoms with van der Waals surface area (Å²) in [7, 11) is 0. The third kappa shape index (κ3) is 4.90. The minimum atomic E-state index is -1.01. The molecule has 0 aliphatic heterocycles. The smallest absolute Gasteiger partial charge is 0.310 e. The highest BCUT2D eigenvalue weighted by atomic mass is 16.4. The van der Waals surface area contributed by atoms with Crippen molar-refractivity contribution in [1.29, 1.82) is 0 Å². The van der Waals surface area contributed by atoms with Crippen LogP contribution in [-0.2, 0) is 9.59 Å². The highest BCUT2D eigenvalue weighted by Crippen LogP contribution is 2.31. The fourth-order valence-electron chi connectivity index (χ4n) is 1.31. The molecular formula is C13H21NO3. The molecule has 17 heavy (non-hydrogen) atoms. The van der Waals surface area contributed by atoms with E-state index in [0.717, 1.165) is 0 Å². The molecule has 0 aromatic carbocycles. The summed E-state index contributed by atoms with van der Waals surface area (Å²) in [6.07, 6.45) is 0.591. The van der Waals surface area contributed by atoms with Crippen molar-refractivity contribution in [3.63, 3.8) is 0 Å². The minimum Gasteiger partial charge on any atom is -0.481 e. The lowest BCUT2D eigenvalue weighted by Crippen LogP contribution is -2.39. The van der Waals surface area contributed by atoms with Gasteiger partial charge in [0.25, 0.3) is 0 Å². The first-order chi connectivity index (χ1) is 7.84. The number of hydrogen-bond acceptors (Lipinski definition) is 2. The van der Waals surface area contributed by atoms with Gasteiger partial charge in [-0.3, -0.25) is 9.59 Å². The van der Waals surface area contributed by atoms with Crippen LogP contribution in [0.15, 0.2) is 0 Å². The third-order valence-electron chi connectivity index (χ3n) is 3.04. The van der Waals surface area contributed by atoms with E-state index in [4.69, 9.17) is 5.11 Å². The molecule has 0 radical (unpaired) electrons. The van der Waals surface area contributed by atoms with Gasteiger partial charge >= 0.3 is 5.97 Å². The molecule has 0 fully saturated rings. The van der Waals surface area contributed by atoms with Crippen molar-refractivity contribution >= 4 is 11.9 Å². The number of amides is 1. The second kappa shape index (κ2) is 6.95. The molecule has 0 rings (SSSR count). The molecule has 0 saturated carbocycles. The minimum absolute atomic E-state index is 0.000443. The first kappa shape index (κ1) is 15.5. The predicted molar refractivity (Wildman–Crippen MR) is 66.3 cm³/mol. The summed E-state index contributed by atoms with van der Waals surface area (Å²) < 4.78 is 0. The molecule has 0 bridgehead atoms. The number of rotatable bonds is 6. The molecule has 1 unspecified atom stereocenters. The maximum Gasteiger partial charge on any atom is 0.310 e. The molecule has 0 aromatic heterocycles. The zero-order chi connectivity index (χ0) is 13.5. The standard InChI is InChI=1S/C13H21NO3/c1-5-6-7-8-14-11(15)9-13(4,10(2)3)12(16)17/h10H,7-9H2,1-4H3,(H,14,15)(H,16,17). The summed E-state index contributed by atoms with van der Waals surface area (Å²) in [5.41, 5.74) is -1.01. The van der Waals surface area contributed by atoms with Crippen LogP contribution in [0.1, 0.15) is 40.5 Å². The highest BCUT2D eigenvalue weighted by molar-refractivity contribution is 5.84. The predicted octanol–water partition coefficient (Wildman–Crippen LogP) is 1.65. The molecule has 1 amide bonds. The fourth-order valence-corrected chi connectivity index (χ4v) is 1.31. The van der Waals surface area contributed by atoms with Crippen molar-refractivity contribution in [3.8, 4) is 11.8 Å². The molecule has 0 aliphatic rings. The van der Waals surface area contributed by atoms with E-state index in [2.05, 4.69) is 17.2 Å². The molecule has 0 heterocycles. The van der Waals surface area contributed by atoms with Crippen LogP contribution >= 0.6 is 0 Å². The van der Waals surface area contributed by atoms with Gasteiger partial charge in [0.05, 0.1) is 5.41 Å². The van der Waals surface area contributed by atoms with Gasteiger partial charge in [-0.2, -0.15) is 0 Å². The number of carboxylic acid groups (broad SMARTS) is 1. The molecule has 2 N–H and O–H groups in total. The average molecular weight is 239 g/mol. The van der Waals surface area contributed by atoms with Gasteiger partial charge in [0.1, 0.15) is 0 Å². The van der Waals surface area contributed by atoms with E-state index in [9.17, 15) is 9.59 Å². The van der Waals surface area contributed by atoms with E-state index in [1.807, 2.05) is 13.8 Å². The van der Waals surface area contributed by atoms with Crippen LogP contribution in [0.2, 0.25) is 0 Å². The number of nitrogens with one attached hydrogen (secondary N) is 1. The Kier molecular flexibility index (Phi) is 6.34. The van der Waals surface area contributed by atoms with Gasteiger partial charge in [-0.15, -0.1) is 11.8 Å².